The molecule has 0 saturated carbocycles. The van der Waals surface area contributed by atoms with Crippen LogP contribution in [-0.2, 0) is 6.42 Å². The number of alkyl halides is 3. The van der Waals surface area contributed by atoms with Gasteiger partial charge in [-0.25, -0.2) is 4.99 Å². The van der Waals surface area contributed by atoms with Gasteiger partial charge >= 0.3 is 6.18 Å². The van der Waals surface area contributed by atoms with Gasteiger partial charge in [0.25, 0.3) is 5.91 Å². The molecule has 1 atom stereocenters. The second-order valence-electron chi connectivity index (χ2n) is 12.3. The lowest BCUT2D eigenvalue weighted by atomic mass is 9.95. The van der Waals surface area contributed by atoms with Crippen molar-refractivity contribution in [3.05, 3.63) is 76.3 Å². The van der Waals surface area contributed by atoms with Crippen LogP contribution in [-0.4, -0.2) is 61.8 Å². The van der Waals surface area contributed by atoms with E-state index in [1.54, 1.807) is 30.3 Å². The van der Waals surface area contributed by atoms with Crippen molar-refractivity contribution in [2.75, 3.05) is 32.1 Å². The average Bonchev–Trinajstić information content (AvgIpc) is 3.08. The molecule has 1 saturated heterocycles. The first-order valence-corrected chi connectivity index (χ1v) is 17.3. The van der Waals surface area contributed by atoms with Crippen molar-refractivity contribution in [2.24, 2.45) is 10.9 Å². The van der Waals surface area contributed by atoms with Crippen LogP contribution in [0.25, 0.3) is 0 Å². The third kappa shape index (κ3) is 9.52. The highest BCUT2D eigenvalue weighted by Gasteiger charge is 2.37. The molecule has 4 rings (SSSR count). The van der Waals surface area contributed by atoms with E-state index in [9.17, 15) is 22.8 Å². The third-order valence-corrected chi connectivity index (χ3v) is 9.03. The first kappa shape index (κ1) is 35.4. The monoisotopic (exact) mass is 656 g/mol. The second-order valence-corrected chi connectivity index (χ2v) is 13.3. The molecule has 2 aromatic rings. The number of carbonyl (C=O) groups is 2. The number of benzene rings is 2. The zero-order chi connectivity index (χ0) is 33.4. The van der Waals surface area contributed by atoms with E-state index in [-0.39, 0.29) is 47.4 Å². The number of nitrogens with zero attached hydrogens (tertiary/aromatic N) is 2. The lowest BCUT2D eigenvalue weighted by Crippen LogP contribution is -2.43. The van der Waals surface area contributed by atoms with Crippen LogP contribution in [0.15, 0.2) is 64.6 Å². The number of anilines is 1. The van der Waals surface area contributed by atoms with E-state index in [1.807, 2.05) is 32.6 Å². The van der Waals surface area contributed by atoms with Crippen LogP contribution in [0.2, 0.25) is 0 Å². The first-order valence-electron chi connectivity index (χ1n) is 15.8. The van der Waals surface area contributed by atoms with Gasteiger partial charge in [0.15, 0.2) is 5.78 Å². The van der Waals surface area contributed by atoms with Crippen LogP contribution < -0.4 is 20.7 Å². The molecule has 2 heterocycles. The van der Waals surface area contributed by atoms with Gasteiger partial charge in [-0.2, -0.15) is 13.2 Å². The van der Waals surface area contributed by atoms with E-state index >= 15 is 0 Å². The Bertz CT molecular complexity index is 1510. The Morgan fingerprint density at radius 1 is 1.15 bits per heavy atom. The van der Waals surface area contributed by atoms with E-state index < -0.39 is 11.7 Å². The minimum absolute atomic E-state index is 0.0130. The molecule has 0 aliphatic carbocycles. The first-order chi connectivity index (χ1) is 21.8. The van der Waals surface area contributed by atoms with Crippen molar-refractivity contribution >= 4 is 37.5 Å². The molecule has 248 valence electrons. The molecule has 1 fully saturated rings. The number of carbonyl (C=O) groups excluding carboxylic acids is 2. The van der Waals surface area contributed by atoms with Crippen molar-refractivity contribution in [1.29, 1.82) is 0 Å². The summed E-state index contributed by atoms with van der Waals surface area (Å²) in [5, 5.41) is 7.20. The lowest BCUT2D eigenvalue weighted by molar-refractivity contribution is -0.0880. The van der Waals surface area contributed by atoms with E-state index in [4.69, 9.17) is 4.74 Å². The van der Waals surface area contributed by atoms with Gasteiger partial charge < -0.3 is 20.3 Å². The van der Waals surface area contributed by atoms with Crippen molar-refractivity contribution < 1.29 is 27.5 Å². The molecule has 2 N–H and O–H groups in total. The molecule has 7 nitrogen and oxygen atoms in total. The highest BCUT2D eigenvalue weighted by Crippen LogP contribution is 2.34. The third-order valence-electron chi connectivity index (χ3n) is 8.08. The molecule has 0 bridgehead atoms. The van der Waals surface area contributed by atoms with Crippen LogP contribution in [0.4, 0.5) is 18.9 Å². The highest BCUT2D eigenvalue weighted by atomic mass is 31.1. The van der Waals surface area contributed by atoms with Crippen molar-refractivity contribution in [1.82, 2.24) is 10.2 Å². The maximum absolute atomic E-state index is 14.5. The molecule has 46 heavy (non-hydrogen) atoms. The molecule has 2 aromatic carbocycles. The van der Waals surface area contributed by atoms with Gasteiger partial charge in [0.1, 0.15) is 22.9 Å². The quantitative estimate of drug-likeness (QED) is 0.208. The number of hydrogen-bond donors (Lipinski definition) is 2. The lowest BCUT2D eigenvalue weighted by Gasteiger charge is -2.29. The summed E-state index contributed by atoms with van der Waals surface area (Å²) in [7, 11) is 2.40. The summed E-state index contributed by atoms with van der Waals surface area (Å²) in [6.07, 6.45) is 1.07. The van der Waals surface area contributed by atoms with Crippen LogP contribution in [0.3, 0.4) is 0 Å². The summed E-state index contributed by atoms with van der Waals surface area (Å²) in [4.78, 5) is 32.1. The number of ketones is 1. The zero-order valence-corrected chi connectivity index (χ0v) is 28.2. The number of aliphatic imine (C=N–C) groups is 1. The van der Waals surface area contributed by atoms with Crippen LogP contribution >= 0.6 is 8.58 Å². The predicted molar refractivity (Wildman–Crippen MR) is 181 cm³/mol. The molecule has 2 aliphatic heterocycles. The van der Waals surface area contributed by atoms with Gasteiger partial charge in [0, 0.05) is 29.9 Å². The van der Waals surface area contributed by atoms with Crippen LogP contribution in [0.1, 0.15) is 79.2 Å². The number of rotatable bonds is 10. The largest absolute Gasteiger partial charge is 0.460 e. The normalized spacial score (nSPS) is 18.7. The summed E-state index contributed by atoms with van der Waals surface area (Å²) < 4.78 is 49.3. The summed E-state index contributed by atoms with van der Waals surface area (Å²) in [6, 6.07) is 10.5. The molecule has 0 radical (unpaired) electrons. The SMILES string of the molecule is CPc1cc(C(=O)NC2CCN(C)CC2)ccc1NC1=CCCC/C(Oc2cccc(CC(C)C)c2C(C)=O)=C(\C(F)(F)F)C=N1. The molecule has 11 heteroatoms. The maximum Gasteiger partial charge on any atom is 0.421 e. The van der Waals surface area contributed by atoms with E-state index in [2.05, 4.69) is 27.6 Å². The Kier molecular flexibility index (Phi) is 12.2. The fourth-order valence-corrected chi connectivity index (χ4v) is 6.40. The summed E-state index contributed by atoms with van der Waals surface area (Å²) >= 11 is 0. The summed E-state index contributed by atoms with van der Waals surface area (Å²) in [5.41, 5.74) is 1.29. The van der Waals surface area contributed by atoms with Gasteiger partial charge in [-0.15, -0.1) is 0 Å². The fourth-order valence-electron chi connectivity index (χ4n) is 5.68. The highest BCUT2D eigenvalue weighted by molar-refractivity contribution is 7.46. The Hall–Kier alpha value is -3.49. The van der Waals surface area contributed by atoms with E-state index in [0.717, 1.165) is 43.0 Å². The minimum Gasteiger partial charge on any atom is -0.460 e. The fraction of sp³-hybridized carbons (Fsp3) is 0.457. The molecule has 1 unspecified atom stereocenters. The van der Waals surface area contributed by atoms with Gasteiger partial charge in [-0.05, 0) is 113 Å². The molecular formula is C35H44F3N4O3P. The number of allylic oxidation sites excluding steroid dienone is 3. The number of likely N-dealkylation sites (tertiary alicyclic amines) is 1. The van der Waals surface area contributed by atoms with E-state index in [0.29, 0.717) is 44.7 Å². The summed E-state index contributed by atoms with van der Waals surface area (Å²) in [5.74, 6) is -0.0212. The topological polar surface area (TPSA) is 83.0 Å². The van der Waals surface area contributed by atoms with Crippen LogP contribution in [0, 0.1) is 5.92 Å². The molecule has 0 spiro atoms. The molecule has 1 amide bonds. The van der Waals surface area contributed by atoms with Gasteiger partial charge in [-0.1, -0.05) is 34.6 Å². The maximum atomic E-state index is 14.5. The number of halogens is 3. The Morgan fingerprint density at radius 3 is 2.54 bits per heavy atom. The van der Waals surface area contributed by atoms with Gasteiger partial charge in [-0.3, -0.25) is 9.59 Å². The average molecular weight is 657 g/mol. The number of nitrogens with one attached hydrogen (secondary N) is 2. The zero-order valence-electron chi connectivity index (χ0n) is 27.2. The van der Waals surface area contributed by atoms with E-state index in [1.165, 1.54) is 6.92 Å². The molecular weight excluding hydrogens is 612 g/mol. The second kappa shape index (κ2) is 15.9. The van der Waals surface area contributed by atoms with Crippen molar-refractivity contribution in [3.63, 3.8) is 0 Å². The number of ether oxygens (including phenoxy) is 1. The molecule has 0 aromatic heterocycles. The van der Waals surface area contributed by atoms with Gasteiger partial charge in [0.05, 0.1) is 5.56 Å². The number of piperidine rings is 1. The Morgan fingerprint density at radius 2 is 1.89 bits per heavy atom. The Labute approximate surface area is 271 Å². The minimum atomic E-state index is -4.74. The van der Waals surface area contributed by atoms with Crippen LogP contribution in [0.5, 0.6) is 5.75 Å². The summed E-state index contributed by atoms with van der Waals surface area (Å²) in [6.45, 7) is 9.29. The van der Waals surface area contributed by atoms with Crippen molar-refractivity contribution in [2.45, 2.75) is 71.5 Å². The van der Waals surface area contributed by atoms with Gasteiger partial charge in [0.2, 0.25) is 0 Å². The number of Topliss-reactive ketones (excluding diaryl/α,β-unsaturated/α-hetero) is 1. The smallest absolute Gasteiger partial charge is 0.421 e. The molecule has 2 aliphatic rings. The predicted octanol–water partition coefficient (Wildman–Crippen LogP) is 7.25. The van der Waals surface area contributed by atoms with Crippen molar-refractivity contribution in [3.8, 4) is 5.75 Å². The standard InChI is InChI=1S/C35H44F3N4O3P/c1-22(2)19-24-9-8-11-30(33(24)23(3)43)45-29-10-6-7-12-32(39-21-27(29)35(36,37)38)41-28-14-13-25(20-31(28)46-5)34(44)40-26-15-17-42(4)18-16-26/h8-9,11-14,20-22,26,41,46H,6-7,10,15-19H2,1-5H3,(H,40,44)/b29-27+,32-12?,39-21?. The number of amides is 1. The Balaban J connectivity index is 1.58. The number of hydrogen-bond acceptors (Lipinski definition) is 6.